The van der Waals surface area contributed by atoms with Crippen LogP contribution in [0.3, 0.4) is 0 Å². The van der Waals surface area contributed by atoms with E-state index in [0.717, 1.165) is 25.1 Å². The molecule has 0 unspecified atom stereocenters. The summed E-state index contributed by atoms with van der Waals surface area (Å²) in [5.41, 5.74) is -0.109. The van der Waals surface area contributed by atoms with Crippen LogP contribution in [0.4, 0.5) is 13.2 Å². The van der Waals surface area contributed by atoms with Crippen molar-refractivity contribution in [1.29, 1.82) is 0 Å². The van der Waals surface area contributed by atoms with E-state index in [-0.39, 0.29) is 18.3 Å². The van der Waals surface area contributed by atoms with Crippen LogP contribution in [0.5, 0.6) is 0 Å². The van der Waals surface area contributed by atoms with Crippen molar-refractivity contribution in [2.24, 2.45) is 0 Å². The molecule has 3 heterocycles. The fraction of sp³-hybridized carbons (Fsp3) is 0.353. The first-order valence-corrected chi connectivity index (χ1v) is 9.18. The SMILES string of the molecule is Cc1c(C(=O)NCc2n[nH]c(=S)n2C2CC2)cnn1-c1ccc(C(F)(F)F)cn1. The van der Waals surface area contributed by atoms with Crippen LogP contribution in [-0.2, 0) is 12.7 Å². The molecule has 0 atom stereocenters. The highest BCUT2D eigenvalue weighted by molar-refractivity contribution is 7.71. The summed E-state index contributed by atoms with van der Waals surface area (Å²) >= 11 is 5.21. The Balaban J connectivity index is 1.49. The van der Waals surface area contributed by atoms with E-state index in [1.54, 1.807) is 6.92 Å². The van der Waals surface area contributed by atoms with Gasteiger partial charge in [-0.2, -0.15) is 23.4 Å². The van der Waals surface area contributed by atoms with Crippen molar-refractivity contribution in [3.63, 3.8) is 0 Å². The molecule has 3 aromatic rings. The Morgan fingerprint density at radius 1 is 1.34 bits per heavy atom. The number of hydrogen-bond donors (Lipinski definition) is 2. The first-order chi connectivity index (χ1) is 13.8. The second-order valence-corrected chi connectivity index (χ2v) is 7.07. The van der Waals surface area contributed by atoms with E-state index in [2.05, 4.69) is 25.6 Å². The number of aromatic nitrogens is 6. The van der Waals surface area contributed by atoms with E-state index in [0.29, 0.717) is 27.9 Å². The number of nitrogens with one attached hydrogen (secondary N) is 2. The topological polar surface area (TPSA) is 93.4 Å². The van der Waals surface area contributed by atoms with Gasteiger partial charge in [-0.3, -0.25) is 14.5 Å². The number of nitrogens with zero attached hydrogens (tertiary/aromatic N) is 5. The molecule has 1 fully saturated rings. The van der Waals surface area contributed by atoms with Gasteiger partial charge in [-0.15, -0.1) is 0 Å². The van der Waals surface area contributed by atoms with E-state index in [1.165, 1.54) is 16.9 Å². The highest BCUT2D eigenvalue weighted by Crippen LogP contribution is 2.35. The zero-order chi connectivity index (χ0) is 20.8. The molecule has 1 saturated carbocycles. The predicted molar refractivity (Wildman–Crippen MR) is 98.0 cm³/mol. The third kappa shape index (κ3) is 3.79. The number of alkyl halides is 3. The van der Waals surface area contributed by atoms with Gasteiger partial charge in [-0.25, -0.2) is 9.67 Å². The number of rotatable bonds is 5. The molecule has 1 aliphatic carbocycles. The van der Waals surface area contributed by atoms with E-state index in [4.69, 9.17) is 12.2 Å². The molecule has 152 valence electrons. The molecule has 1 aliphatic rings. The number of aromatic amines is 1. The molecular weight excluding hydrogens is 407 g/mol. The van der Waals surface area contributed by atoms with Gasteiger partial charge in [0.05, 0.1) is 29.6 Å². The minimum Gasteiger partial charge on any atom is -0.345 e. The molecule has 8 nitrogen and oxygen atoms in total. The average molecular weight is 423 g/mol. The van der Waals surface area contributed by atoms with Gasteiger partial charge in [0.25, 0.3) is 5.91 Å². The summed E-state index contributed by atoms with van der Waals surface area (Å²) < 4.78 is 41.8. The molecule has 12 heteroatoms. The van der Waals surface area contributed by atoms with Crippen LogP contribution in [-0.4, -0.2) is 35.4 Å². The van der Waals surface area contributed by atoms with Gasteiger partial charge in [0.2, 0.25) is 0 Å². The zero-order valence-electron chi connectivity index (χ0n) is 15.2. The number of hydrogen-bond acceptors (Lipinski definition) is 5. The molecule has 0 radical (unpaired) electrons. The van der Waals surface area contributed by atoms with Crippen LogP contribution < -0.4 is 5.32 Å². The predicted octanol–water partition coefficient (Wildman–Crippen LogP) is 3.11. The summed E-state index contributed by atoms with van der Waals surface area (Å²) in [6.45, 7) is 1.83. The van der Waals surface area contributed by atoms with Crippen molar-refractivity contribution in [2.75, 3.05) is 0 Å². The Morgan fingerprint density at radius 2 is 2.10 bits per heavy atom. The molecule has 1 amide bonds. The minimum absolute atomic E-state index is 0.184. The van der Waals surface area contributed by atoms with Crippen LogP contribution in [0, 0.1) is 11.7 Å². The number of carbonyl (C=O) groups is 1. The van der Waals surface area contributed by atoms with Crippen LogP contribution in [0.2, 0.25) is 0 Å². The molecule has 4 rings (SSSR count). The summed E-state index contributed by atoms with van der Waals surface area (Å²) in [5, 5.41) is 13.7. The van der Waals surface area contributed by atoms with Gasteiger partial charge in [-0.05, 0) is 44.1 Å². The summed E-state index contributed by atoms with van der Waals surface area (Å²) in [6.07, 6.45) is -0.329. The van der Waals surface area contributed by atoms with Crippen LogP contribution in [0.15, 0.2) is 24.5 Å². The molecule has 0 aromatic carbocycles. The van der Waals surface area contributed by atoms with Crippen molar-refractivity contribution in [1.82, 2.24) is 34.8 Å². The van der Waals surface area contributed by atoms with E-state index >= 15 is 0 Å². The largest absolute Gasteiger partial charge is 0.417 e. The summed E-state index contributed by atoms with van der Waals surface area (Å²) in [5.74, 6) is 0.446. The van der Waals surface area contributed by atoms with Crippen molar-refractivity contribution < 1.29 is 18.0 Å². The second-order valence-electron chi connectivity index (χ2n) is 6.69. The van der Waals surface area contributed by atoms with Gasteiger partial charge >= 0.3 is 6.18 Å². The fourth-order valence-electron chi connectivity index (χ4n) is 2.97. The molecular formula is C17H16F3N7OS. The van der Waals surface area contributed by atoms with E-state index in [1.807, 2.05) is 4.57 Å². The normalized spacial score (nSPS) is 14.2. The fourth-order valence-corrected chi connectivity index (χ4v) is 3.27. The number of halogens is 3. The lowest BCUT2D eigenvalue weighted by Crippen LogP contribution is -2.25. The smallest absolute Gasteiger partial charge is 0.345 e. The first-order valence-electron chi connectivity index (χ1n) is 8.78. The maximum absolute atomic E-state index is 12.7. The molecule has 0 bridgehead atoms. The lowest BCUT2D eigenvalue weighted by atomic mass is 10.2. The average Bonchev–Trinajstić information content (AvgIpc) is 3.34. The Bertz CT molecular complexity index is 1110. The minimum atomic E-state index is -4.47. The lowest BCUT2D eigenvalue weighted by molar-refractivity contribution is -0.137. The number of carbonyl (C=O) groups excluding carboxylic acids is 1. The number of amides is 1. The van der Waals surface area contributed by atoms with Crippen LogP contribution >= 0.6 is 12.2 Å². The lowest BCUT2D eigenvalue weighted by Gasteiger charge is -2.09. The number of pyridine rings is 1. The molecule has 0 spiro atoms. The quantitative estimate of drug-likeness (QED) is 0.615. The first kappa shape index (κ1) is 19.3. The van der Waals surface area contributed by atoms with Crippen molar-refractivity contribution in [3.05, 3.63) is 51.9 Å². The van der Waals surface area contributed by atoms with Crippen LogP contribution in [0.25, 0.3) is 5.82 Å². The van der Waals surface area contributed by atoms with Gasteiger partial charge in [-0.1, -0.05) is 0 Å². The molecule has 0 aliphatic heterocycles. The van der Waals surface area contributed by atoms with Gasteiger partial charge < -0.3 is 5.32 Å². The summed E-state index contributed by atoms with van der Waals surface area (Å²) in [6, 6.07) is 2.45. The van der Waals surface area contributed by atoms with Crippen molar-refractivity contribution in [3.8, 4) is 5.82 Å². The third-order valence-corrected chi connectivity index (χ3v) is 4.93. The summed E-state index contributed by atoms with van der Waals surface area (Å²) in [7, 11) is 0. The Labute approximate surface area is 167 Å². The molecule has 3 aromatic heterocycles. The second kappa shape index (κ2) is 7.10. The maximum Gasteiger partial charge on any atom is 0.417 e. The molecule has 2 N–H and O–H groups in total. The Morgan fingerprint density at radius 3 is 2.72 bits per heavy atom. The maximum atomic E-state index is 12.7. The highest BCUT2D eigenvalue weighted by Gasteiger charge is 2.31. The van der Waals surface area contributed by atoms with Gasteiger partial charge in [0, 0.05) is 12.2 Å². The monoisotopic (exact) mass is 423 g/mol. The molecule has 29 heavy (non-hydrogen) atoms. The highest BCUT2D eigenvalue weighted by atomic mass is 32.1. The Kier molecular flexibility index (Phi) is 4.73. The standard InChI is InChI=1S/C17H16F3N7OS/c1-9-12(7-23-27(9)13-5-2-10(6-21-13)17(18,19)20)15(28)22-8-14-24-25-16(29)26(14)11-3-4-11/h2,5-7,11H,3-4,8H2,1H3,(H,22,28)(H,25,29). The van der Waals surface area contributed by atoms with E-state index in [9.17, 15) is 18.0 Å². The van der Waals surface area contributed by atoms with Crippen molar-refractivity contribution in [2.45, 2.75) is 38.5 Å². The zero-order valence-corrected chi connectivity index (χ0v) is 16.0. The number of H-pyrrole nitrogens is 1. The van der Waals surface area contributed by atoms with Crippen molar-refractivity contribution >= 4 is 18.1 Å². The van der Waals surface area contributed by atoms with E-state index < -0.39 is 11.7 Å². The van der Waals surface area contributed by atoms with Crippen LogP contribution in [0.1, 0.15) is 46.3 Å². The third-order valence-electron chi connectivity index (χ3n) is 4.64. The Hall–Kier alpha value is -3.02. The summed E-state index contributed by atoms with van der Waals surface area (Å²) in [4.78, 5) is 16.4. The van der Waals surface area contributed by atoms with Gasteiger partial charge in [0.15, 0.2) is 16.4 Å². The molecule has 0 saturated heterocycles. The van der Waals surface area contributed by atoms with Gasteiger partial charge in [0.1, 0.15) is 0 Å².